The van der Waals surface area contributed by atoms with Crippen LogP contribution in [0.1, 0.15) is 67.2 Å². The van der Waals surface area contributed by atoms with Gasteiger partial charge in [-0.05, 0) is 53.4 Å². The molecule has 0 aliphatic rings. The van der Waals surface area contributed by atoms with Crippen molar-refractivity contribution >= 4 is 23.7 Å². The van der Waals surface area contributed by atoms with Crippen LogP contribution in [0.3, 0.4) is 0 Å². The third-order valence-electron chi connectivity index (χ3n) is 3.93. The van der Waals surface area contributed by atoms with Gasteiger partial charge in [0.05, 0.1) is 5.84 Å². The van der Waals surface area contributed by atoms with Crippen molar-refractivity contribution in [3.05, 3.63) is 12.2 Å². The Hall–Kier alpha value is -2.58. The molecule has 0 heterocycles. The average Bonchev–Trinajstić information content (AvgIpc) is 2.64. The Balaban J connectivity index is 4.44. The van der Waals surface area contributed by atoms with Crippen LogP contribution in [0, 0.1) is 5.92 Å². The van der Waals surface area contributed by atoms with Gasteiger partial charge in [-0.15, -0.1) is 0 Å². The van der Waals surface area contributed by atoms with E-state index in [9.17, 15) is 14.4 Å². The Morgan fingerprint density at radius 3 is 2.06 bits per heavy atom. The van der Waals surface area contributed by atoms with Crippen molar-refractivity contribution in [2.45, 2.75) is 78.9 Å². The summed E-state index contributed by atoms with van der Waals surface area (Å²) in [5, 5.41) is 8.32. The molecule has 5 N–H and O–H groups in total. The zero-order valence-electron chi connectivity index (χ0n) is 19.9. The molecule has 0 fully saturated rings. The van der Waals surface area contributed by atoms with Gasteiger partial charge in [0.2, 0.25) is 11.8 Å². The summed E-state index contributed by atoms with van der Waals surface area (Å²) in [6.45, 7) is 12.2. The predicted molar refractivity (Wildman–Crippen MR) is 124 cm³/mol. The number of rotatable bonds is 13. The Bertz CT molecular complexity index is 620. The van der Waals surface area contributed by atoms with E-state index in [0.29, 0.717) is 44.7 Å². The first kappa shape index (κ1) is 28.4. The number of nitrogens with one attached hydrogen (secondary N) is 3. The van der Waals surface area contributed by atoms with Crippen molar-refractivity contribution in [1.82, 2.24) is 16.0 Å². The molecule has 9 nitrogen and oxygen atoms in total. The summed E-state index contributed by atoms with van der Waals surface area (Å²) in [7, 11) is 0. The molecular weight excluding hydrogens is 398 g/mol. The number of carbonyl (C=O) groups is 3. The van der Waals surface area contributed by atoms with Crippen LogP contribution < -0.4 is 21.7 Å². The molecule has 0 bridgehead atoms. The summed E-state index contributed by atoms with van der Waals surface area (Å²) in [5.41, 5.74) is 4.88. The summed E-state index contributed by atoms with van der Waals surface area (Å²) >= 11 is 0. The molecular formula is C22H41N5O4. The molecule has 3 amide bonds. The van der Waals surface area contributed by atoms with Gasteiger partial charge >= 0.3 is 6.09 Å². The minimum absolute atomic E-state index is 0.0208. The number of hydrogen-bond donors (Lipinski definition) is 4. The highest BCUT2D eigenvalue weighted by Gasteiger charge is 2.23. The van der Waals surface area contributed by atoms with Crippen LogP contribution in [-0.4, -0.2) is 55.0 Å². The molecule has 0 aromatic heterocycles. The quantitative estimate of drug-likeness (QED) is 0.151. The van der Waals surface area contributed by atoms with Crippen molar-refractivity contribution in [3.63, 3.8) is 0 Å². The second-order valence-electron chi connectivity index (χ2n) is 8.65. The average molecular weight is 440 g/mol. The molecule has 0 aromatic rings. The van der Waals surface area contributed by atoms with Crippen molar-refractivity contribution in [1.29, 1.82) is 0 Å². The topological polar surface area (TPSA) is 135 Å². The lowest BCUT2D eigenvalue weighted by Gasteiger charge is -2.23. The van der Waals surface area contributed by atoms with Gasteiger partial charge in [0, 0.05) is 25.6 Å². The summed E-state index contributed by atoms with van der Waals surface area (Å²) in [4.78, 5) is 40.2. The highest BCUT2D eigenvalue weighted by Crippen LogP contribution is 2.08. The second-order valence-corrected chi connectivity index (χ2v) is 8.65. The highest BCUT2D eigenvalue weighted by atomic mass is 16.6. The number of amidine groups is 1. The summed E-state index contributed by atoms with van der Waals surface area (Å²) in [6.07, 6.45) is 5.70. The lowest BCUT2D eigenvalue weighted by atomic mass is 10.1. The zero-order valence-corrected chi connectivity index (χ0v) is 19.9. The van der Waals surface area contributed by atoms with Gasteiger partial charge in [0.25, 0.3) is 0 Å². The smallest absolute Gasteiger partial charge is 0.408 e. The van der Waals surface area contributed by atoms with E-state index in [1.54, 1.807) is 27.7 Å². The first-order valence-corrected chi connectivity index (χ1v) is 10.9. The van der Waals surface area contributed by atoms with Crippen molar-refractivity contribution in [3.8, 4) is 0 Å². The molecule has 0 saturated heterocycles. The number of nitrogens with zero attached hydrogens (tertiary/aromatic N) is 1. The van der Waals surface area contributed by atoms with Gasteiger partial charge in [-0.25, -0.2) is 4.79 Å². The zero-order chi connectivity index (χ0) is 23.9. The van der Waals surface area contributed by atoms with Gasteiger partial charge in [-0.1, -0.05) is 26.0 Å². The summed E-state index contributed by atoms with van der Waals surface area (Å²) in [6, 6.07) is -0.710. The Morgan fingerprint density at radius 2 is 1.58 bits per heavy atom. The normalized spacial score (nSPS) is 13.2. The largest absolute Gasteiger partial charge is 0.444 e. The lowest BCUT2D eigenvalue weighted by molar-refractivity contribution is -0.124. The molecule has 0 spiro atoms. The Morgan fingerprint density at radius 1 is 1.03 bits per heavy atom. The van der Waals surface area contributed by atoms with Crippen molar-refractivity contribution in [2.75, 3.05) is 19.6 Å². The fourth-order valence-electron chi connectivity index (χ4n) is 2.39. The minimum atomic E-state index is -0.710. The highest BCUT2D eigenvalue weighted by molar-refractivity contribution is 5.85. The van der Waals surface area contributed by atoms with Crippen LogP contribution in [0.25, 0.3) is 0 Å². The maximum Gasteiger partial charge on any atom is 0.408 e. The van der Waals surface area contributed by atoms with E-state index in [2.05, 4.69) is 20.9 Å². The fraction of sp³-hybridized carbons (Fsp3) is 0.727. The molecule has 0 radical (unpaired) electrons. The first-order chi connectivity index (χ1) is 14.4. The number of amides is 3. The van der Waals surface area contributed by atoms with E-state index < -0.39 is 17.7 Å². The molecule has 0 aliphatic carbocycles. The third kappa shape index (κ3) is 16.9. The molecule has 0 aliphatic heterocycles. The maximum absolute atomic E-state index is 12.5. The van der Waals surface area contributed by atoms with E-state index in [4.69, 9.17) is 10.5 Å². The predicted octanol–water partition coefficient (Wildman–Crippen LogP) is 2.26. The summed E-state index contributed by atoms with van der Waals surface area (Å²) in [5.74, 6) is 0.234. The van der Waals surface area contributed by atoms with E-state index in [1.165, 1.54) is 0 Å². The van der Waals surface area contributed by atoms with Gasteiger partial charge in [-0.3, -0.25) is 14.6 Å². The van der Waals surface area contributed by atoms with E-state index in [0.717, 1.165) is 6.42 Å². The molecule has 0 unspecified atom stereocenters. The SMILES string of the molecule is CC(N)=NCCC[C@H](NC(=O)OC(C)(C)C)C(=O)NCC/C=C\CCNC(=O)C(C)C. The summed E-state index contributed by atoms with van der Waals surface area (Å²) < 4.78 is 5.26. The minimum Gasteiger partial charge on any atom is -0.444 e. The maximum atomic E-state index is 12.5. The van der Waals surface area contributed by atoms with Crippen LogP contribution in [-0.2, 0) is 14.3 Å². The Kier molecular flexibility index (Phi) is 14.0. The molecule has 0 aromatic carbocycles. The van der Waals surface area contributed by atoms with E-state index >= 15 is 0 Å². The van der Waals surface area contributed by atoms with Gasteiger partial charge in [-0.2, -0.15) is 0 Å². The van der Waals surface area contributed by atoms with Crippen molar-refractivity contribution < 1.29 is 19.1 Å². The number of alkyl carbamates (subject to hydrolysis) is 1. The molecule has 1 atom stereocenters. The standard InChI is InChI=1S/C22H41N5O4/c1-16(2)19(28)25-13-9-7-8-10-14-26-20(29)18(12-11-15-24-17(3)23)27-21(30)31-22(4,5)6/h7-8,16,18H,9-15H2,1-6H3,(H2,23,24)(H,25,28)(H,26,29)(H,27,30)/b8-7-/t18-/m0/s1. The van der Waals surface area contributed by atoms with Crippen molar-refractivity contribution in [2.24, 2.45) is 16.6 Å². The number of carbonyl (C=O) groups excluding carboxylic acids is 3. The van der Waals surface area contributed by atoms with Crippen LogP contribution in [0.4, 0.5) is 4.79 Å². The van der Waals surface area contributed by atoms with Crippen LogP contribution in [0.2, 0.25) is 0 Å². The molecule has 0 saturated carbocycles. The van der Waals surface area contributed by atoms with Crippen LogP contribution in [0.5, 0.6) is 0 Å². The number of nitrogens with two attached hydrogens (primary N) is 1. The fourth-order valence-corrected chi connectivity index (χ4v) is 2.39. The molecule has 178 valence electrons. The van der Waals surface area contributed by atoms with Crippen LogP contribution in [0.15, 0.2) is 17.1 Å². The number of hydrogen-bond acceptors (Lipinski definition) is 5. The first-order valence-electron chi connectivity index (χ1n) is 10.9. The monoisotopic (exact) mass is 439 g/mol. The Labute approximate surface area is 186 Å². The molecule has 0 rings (SSSR count). The van der Waals surface area contributed by atoms with Gasteiger partial charge < -0.3 is 26.4 Å². The molecule has 9 heteroatoms. The lowest BCUT2D eigenvalue weighted by Crippen LogP contribution is -2.48. The number of ether oxygens (including phenoxy) is 1. The van der Waals surface area contributed by atoms with E-state index in [-0.39, 0.29) is 17.7 Å². The second kappa shape index (κ2) is 15.3. The third-order valence-corrected chi connectivity index (χ3v) is 3.93. The van der Waals surface area contributed by atoms with Gasteiger partial charge in [0.1, 0.15) is 11.6 Å². The van der Waals surface area contributed by atoms with Crippen LogP contribution >= 0.6 is 0 Å². The van der Waals surface area contributed by atoms with E-state index in [1.807, 2.05) is 26.0 Å². The number of aliphatic imine (C=N–C) groups is 1. The molecule has 31 heavy (non-hydrogen) atoms. The van der Waals surface area contributed by atoms with Gasteiger partial charge in [0.15, 0.2) is 0 Å².